The second-order valence-corrected chi connectivity index (χ2v) is 6.65. The molecule has 0 aliphatic heterocycles. The number of nitrogens with two attached hydrogens (primary N) is 1. The molecule has 0 aliphatic rings. The third-order valence-electron chi connectivity index (χ3n) is 3.75. The van der Waals surface area contributed by atoms with E-state index in [2.05, 4.69) is 25.6 Å². The van der Waals surface area contributed by atoms with Gasteiger partial charge in [-0.05, 0) is 41.9 Å². The van der Waals surface area contributed by atoms with Crippen molar-refractivity contribution in [2.45, 2.75) is 25.9 Å². The van der Waals surface area contributed by atoms with Crippen LogP contribution < -0.4 is 21.1 Å². The summed E-state index contributed by atoms with van der Waals surface area (Å²) in [6.07, 6.45) is -3.51. The molecule has 1 amide bonds. The Balaban J connectivity index is 2.29. The minimum atomic E-state index is -4.68. The van der Waals surface area contributed by atoms with E-state index in [1.165, 1.54) is 7.05 Å². The van der Waals surface area contributed by atoms with Crippen LogP contribution in [0.1, 0.15) is 36.6 Å². The van der Waals surface area contributed by atoms with E-state index in [1.54, 1.807) is 12.3 Å². The van der Waals surface area contributed by atoms with Crippen LogP contribution in [0, 0.1) is 0 Å². The topological polar surface area (TPSA) is 115 Å². The number of anilines is 1. The number of thiocarbonyl (C=S) groups is 1. The lowest BCUT2D eigenvalue weighted by atomic mass is 10.0. The van der Waals surface area contributed by atoms with Gasteiger partial charge in [0.25, 0.3) is 0 Å². The fourth-order valence-corrected chi connectivity index (χ4v) is 2.36. The van der Waals surface area contributed by atoms with Crippen LogP contribution in [-0.4, -0.2) is 34.1 Å². The lowest BCUT2D eigenvalue weighted by Crippen LogP contribution is -2.24. The van der Waals surface area contributed by atoms with Crippen LogP contribution in [0.25, 0.3) is 0 Å². The number of carbonyl (C=O) groups excluding carboxylic acids is 1. The van der Waals surface area contributed by atoms with Crippen LogP contribution in [0.15, 0.2) is 35.6 Å². The van der Waals surface area contributed by atoms with Gasteiger partial charge in [-0.25, -0.2) is 14.8 Å². The molecule has 4 N–H and O–H groups in total. The van der Waals surface area contributed by atoms with Crippen LogP contribution in [0.4, 0.5) is 23.8 Å². The first kappa shape index (κ1) is 23.0. The Kier molecular flexibility index (Phi) is 7.27. The molecule has 8 nitrogen and oxygen atoms in total. The van der Waals surface area contributed by atoms with Crippen LogP contribution >= 0.6 is 12.2 Å². The minimum Gasteiger partial charge on any atom is -0.406 e. The summed E-state index contributed by atoms with van der Waals surface area (Å²) in [5.41, 5.74) is 6.20. The molecular weight excluding hydrogens is 421 g/mol. The standard InChI is InChI=1S/C18H19F3N6O2S/c1-9(2)10-4-5-24-12(6-10)14(22)26-16(30)27-15-13(29-17(28)23-3)7-11(8-25-15)18(19,20)21/h4-9H,1-3H3,(H,23,28)(H3,22,25,26,27,30). The SMILES string of the molecule is CNC(=O)Oc1cc(C(F)(F)F)cnc1NC(=S)/N=C(\N)c1cc(C(C)C)ccn1. The number of pyridine rings is 2. The number of halogens is 3. The van der Waals surface area contributed by atoms with Gasteiger partial charge < -0.3 is 21.1 Å². The molecule has 2 rings (SSSR count). The van der Waals surface area contributed by atoms with Gasteiger partial charge in [0.05, 0.1) is 5.56 Å². The average molecular weight is 440 g/mol. The molecule has 0 aromatic carbocycles. The lowest BCUT2D eigenvalue weighted by Gasteiger charge is -2.13. The van der Waals surface area contributed by atoms with Crippen LogP contribution in [0.3, 0.4) is 0 Å². The number of nitrogens with one attached hydrogen (secondary N) is 2. The van der Waals surface area contributed by atoms with E-state index >= 15 is 0 Å². The van der Waals surface area contributed by atoms with Crippen LogP contribution in [0.5, 0.6) is 5.75 Å². The number of amidine groups is 1. The monoisotopic (exact) mass is 440 g/mol. The number of ether oxygens (including phenoxy) is 1. The van der Waals surface area contributed by atoms with Crippen LogP contribution in [-0.2, 0) is 6.18 Å². The van der Waals surface area contributed by atoms with Crippen molar-refractivity contribution in [2.75, 3.05) is 12.4 Å². The number of aliphatic imine (C=N–C) groups is 1. The normalized spacial score (nSPS) is 11.9. The first-order valence-electron chi connectivity index (χ1n) is 8.59. The van der Waals surface area contributed by atoms with E-state index in [0.29, 0.717) is 18.0 Å². The highest BCUT2D eigenvalue weighted by molar-refractivity contribution is 7.80. The summed E-state index contributed by atoms with van der Waals surface area (Å²) in [5, 5.41) is 4.43. The van der Waals surface area contributed by atoms with Gasteiger partial charge in [-0.15, -0.1) is 0 Å². The molecule has 0 bridgehead atoms. The van der Waals surface area contributed by atoms with Crippen LogP contribution in [0.2, 0.25) is 0 Å². The van der Waals surface area contributed by atoms with Crippen molar-refractivity contribution in [1.82, 2.24) is 15.3 Å². The smallest absolute Gasteiger partial charge is 0.406 e. The molecule has 2 aromatic heterocycles. The van der Waals surface area contributed by atoms with E-state index < -0.39 is 23.6 Å². The zero-order valence-electron chi connectivity index (χ0n) is 16.2. The van der Waals surface area contributed by atoms with Gasteiger partial charge in [0.1, 0.15) is 5.69 Å². The molecule has 0 saturated carbocycles. The van der Waals surface area contributed by atoms with E-state index in [4.69, 9.17) is 22.7 Å². The van der Waals surface area contributed by atoms with Gasteiger partial charge in [0.2, 0.25) is 5.11 Å². The summed E-state index contributed by atoms with van der Waals surface area (Å²) in [4.78, 5) is 23.2. The number of nitrogens with zero attached hydrogens (tertiary/aromatic N) is 3. The zero-order chi connectivity index (χ0) is 22.5. The van der Waals surface area contributed by atoms with Gasteiger partial charge in [0, 0.05) is 19.4 Å². The summed E-state index contributed by atoms with van der Waals surface area (Å²) >= 11 is 5.08. The highest BCUT2D eigenvalue weighted by Gasteiger charge is 2.32. The van der Waals surface area contributed by atoms with E-state index in [-0.39, 0.29) is 22.7 Å². The highest BCUT2D eigenvalue weighted by Crippen LogP contribution is 2.33. The first-order chi connectivity index (χ1) is 14.0. The van der Waals surface area contributed by atoms with Crippen molar-refractivity contribution in [3.63, 3.8) is 0 Å². The van der Waals surface area contributed by atoms with Gasteiger partial charge in [-0.1, -0.05) is 13.8 Å². The Morgan fingerprint density at radius 1 is 1.30 bits per heavy atom. The Labute approximate surface area is 175 Å². The summed E-state index contributed by atoms with van der Waals surface area (Å²) in [6.45, 7) is 4.01. The van der Waals surface area contributed by atoms with E-state index in [0.717, 1.165) is 5.56 Å². The van der Waals surface area contributed by atoms with Crippen molar-refractivity contribution in [1.29, 1.82) is 0 Å². The molecule has 0 saturated heterocycles. The molecule has 12 heteroatoms. The Morgan fingerprint density at radius 2 is 2.00 bits per heavy atom. The van der Waals surface area contributed by atoms with Crippen molar-refractivity contribution in [3.8, 4) is 5.75 Å². The first-order valence-corrected chi connectivity index (χ1v) is 9.00. The minimum absolute atomic E-state index is 0.00400. The van der Waals surface area contributed by atoms with Gasteiger partial charge >= 0.3 is 12.3 Å². The second kappa shape index (κ2) is 9.48. The number of aromatic nitrogens is 2. The third kappa shape index (κ3) is 6.11. The fraction of sp³-hybridized carbons (Fsp3) is 0.278. The number of hydrogen-bond donors (Lipinski definition) is 3. The van der Waals surface area contributed by atoms with Gasteiger partial charge in [-0.3, -0.25) is 4.98 Å². The summed E-state index contributed by atoms with van der Waals surface area (Å²) in [7, 11) is 1.25. The molecule has 0 fully saturated rings. The molecule has 0 radical (unpaired) electrons. The summed E-state index contributed by atoms with van der Waals surface area (Å²) < 4.78 is 43.7. The predicted octanol–water partition coefficient (Wildman–Crippen LogP) is 3.44. The molecule has 160 valence electrons. The Bertz CT molecular complexity index is 979. The maximum atomic E-state index is 12.9. The number of hydrogen-bond acceptors (Lipinski definition) is 5. The number of amides is 1. The Morgan fingerprint density at radius 3 is 2.60 bits per heavy atom. The molecular formula is C18H19F3N6O2S. The quantitative estimate of drug-likeness (QED) is 0.379. The average Bonchev–Trinajstić information content (AvgIpc) is 2.68. The molecule has 2 heterocycles. The maximum Gasteiger partial charge on any atom is 0.418 e. The zero-order valence-corrected chi connectivity index (χ0v) is 17.1. The summed E-state index contributed by atoms with van der Waals surface area (Å²) in [5.74, 6) is -0.488. The van der Waals surface area contributed by atoms with E-state index in [1.807, 2.05) is 19.9 Å². The second-order valence-electron chi connectivity index (χ2n) is 6.26. The fourth-order valence-electron chi connectivity index (χ4n) is 2.16. The molecule has 0 spiro atoms. The van der Waals surface area contributed by atoms with Crippen molar-refractivity contribution in [2.24, 2.45) is 10.7 Å². The van der Waals surface area contributed by atoms with Crippen molar-refractivity contribution >= 4 is 35.1 Å². The van der Waals surface area contributed by atoms with Gasteiger partial charge in [-0.2, -0.15) is 13.2 Å². The largest absolute Gasteiger partial charge is 0.418 e. The van der Waals surface area contributed by atoms with Crippen molar-refractivity contribution < 1.29 is 22.7 Å². The molecule has 30 heavy (non-hydrogen) atoms. The third-order valence-corrected chi connectivity index (χ3v) is 3.94. The van der Waals surface area contributed by atoms with Gasteiger partial charge in [0.15, 0.2) is 17.4 Å². The maximum absolute atomic E-state index is 12.9. The predicted molar refractivity (Wildman–Crippen MR) is 110 cm³/mol. The molecule has 2 aromatic rings. The molecule has 0 atom stereocenters. The highest BCUT2D eigenvalue weighted by atomic mass is 32.1. The van der Waals surface area contributed by atoms with E-state index in [9.17, 15) is 18.0 Å². The number of carbonyl (C=O) groups is 1. The lowest BCUT2D eigenvalue weighted by molar-refractivity contribution is -0.137. The number of rotatable bonds is 4. The van der Waals surface area contributed by atoms with Crippen molar-refractivity contribution in [3.05, 3.63) is 47.4 Å². The molecule has 0 aliphatic carbocycles. The summed E-state index contributed by atoms with van der Waals surface area (Å²) in [6, 6.07) is 4.21. The Hall–Kier alpha value is -3.28. The number of alkyl halides is 3. The molecule has 0 unspecified atom stereocenters.